The predicted molar refractivity (Wildman–Crippen MR) is 127 cm³/mol. The second kappa shape index (κ2) is 11.1. The Hall–Kier alpha value is -4.23. The zero-order chi connectivity index (χ0) is 24.7. The van der Waals surface area contributed by atoms with Crippen LogP contribution in [-0.2, 0) is 11.4 Å². The topological polar surface area (TPSA) is 114 Å². The van der Waals surface area contributed by atoms with E-state index in [1.165, 1.54) is 49.6 Å². The molecule has 10 heteroatoms. The number of hydrogen-bond acceptors (Lipinski definition) is 6. The summed E-state index contributed by atoms with van der Waals surface area (Å²) in [5.74, 6) is -0.365. The van der Waals surface area contributed by atoms with Crippen molar-refractivity contribution in [3.8, 4) is 17.6 Å². The zero-order valence-corrected chi connectivity index (χ0v) is 19.3. The highest BCUT2D eigenvalue weighted by molar-refractivity contribution is 9.10. The lowest BCUT2D eigenvalue weighted by Gasteiger charge is -2.14. The number of nitro groups is 1. The summed E-state index contributed by atoms with van der Waals surface area (Å²) < 4.78 is 24.8. The first kappa shape index (κ1) is 24.4. The van der Waals surface area contributed by atoms with E-state index in [2.05, 4.69) is 21.2 Å². The largest absolute Gasteiger partial charge is 0.493 e. The molecular formula is C24H17BrFN3O5. The normalized spacial score (nSPS) is 10.8. The molecule has 0 heterocycles. The standard InChI is InChI=1S/C24H17BrFN3O5/c1-33-22-12-16(10-17(13-27)24(30)28-19-6-4-18(26)5-7-19)11-21(25)23(22)34-14-15-2-8-20(9-3-15)29(31)32/h2-12H,14H2,1H3,(H,28,30)/b17-10-. The SMILES string of the molecule is COc1cc(/C=C(/C#N)C(=O)Nc2ccc(F)cc2)cc(Br)c1OCc1ccc([N+](=O)[O-])cc1. The quantitative estimate of drug-likeness (QED) is 0.176. The first-order valence-corrected chi connectivity index (χ1v) is 10.5. The Balaban J connectivity index is 1.78. The van der Waals surface area contributed by atoms with Crippen molar-refractivity contribution >= 4 is 39.3 Å². The molecular weight excluding hydrogens is 509 g/mol. The molecule has 3 aromatic rings. The number of amides is 1. The number of nitrogens with zero attached hydrogens (tertiary/aromatic N) is 2. The van der Waals surface area contributed by atoms with E-state index in [9.17, 15) is 24.6 Å². The lowest BCUT2D eigenvalue weighted by molar-refractivity contribution is -0.384. The number of carbonyl (C=O) groups is 1. The van der Waals surface area contributed by atoms with Crippen molar-refractivity contribution in [1.29, 1.82) is 5.26 Å². The molecule has 0 aliphatic heterocycles. The van der Waals surface area contributed by atoms with Gasteiger partial charge in [0.15, 0.2) is 11.5 Å². The molecule has 3 rings (SSSR count). The van der Waals surface area contributed by atoms with Crippen molar-refractivity contribution in [2.45, 2.75) is 6.61 Å². The van der Waals surface area contributed by atoms with Gasteiger partial charge in [-0.2, -0.15) is 5.26 Å². The van der Waals surface area contributed by atoms with Gasteiger partial charge in [-0.05, 0) is 81.7 Å². The van der Waals surface area contributed by atoms with Crippen molar-refractivity contribution in [1.82, 2.24) is 0 Å². The van der Waals surface area contributed by atoms with Gasteiger partial charge in [0.1, 0.15) is 24.1 Å². The zero-order valence-electron chi connectivity index (χ0n) is 17.7. The van der Waals surface area contributed by atoms with Crippen LogP contribution in [0.4, 0.5) is 15.8 Å². The molecule has 0 spiro atoms. The van der Waals surface area contributed by atoms with Gasteiger partial charge < -0.3 is 14.8 Å². The Morgan fingerprint density at radius 2 is 1.88 bits per heavy atom. The van der Waals surface area contributed by atoms with Gasteiger partial charge in [-0.15, -0.1) is 0 Å². The average molecular weight is 526 g/mol. The predicted octanol–water partition coefficient (Wildman–Crippen LogP) is 5.63. The van der Waals surface area contributed by atoms with Crippen LogP contribution in [0.2, 0.25) is 0 Å². The van der Waals surface area contributed by atoms with Crippen molar-refractivity contribution in [3.63, 3.8) is 0 Å². The van der Waals surface area contributed by atoms with Crippen LogP contribution in [0.15, 0.2) is 70.7 Å². The minimum Gasteiger partial charge on any atom is -0.493 e. The number of nitrogens with one attached hydrogen (secondary N) is 1. The summed E-state index contributed by atoms with van der Waals surface area (Å²) in [6.45, 7) is 0.131. The minimum atomic E-state index is -0.650. The molecule has 0 saturated heterocycles. The summed E-state index contributed by atoms with van der Waals surface area (Å²) in [4.78, 5) is 22.8. The summed E-state index contributed by atoms with van der Waals surface area (Å²) in [6.07, 6.45) is 1.38. The molecule has 34 heavy (non-hydrogen) atoms. The van der Waals surface area contributed by atoms with E-state index >= 15 is 0 Å². The number of anilines is 1. The average Bonchev–Trinajstić information content (AvgIpc) is 2.83. The molecule has 0 aromatic heterocycles. The fourth-order valence-corrected chi connectivity index (χ4v) is 3.45. The van der Waals surface area contributed by atoms with Gasteiger partial charge in [0.25, 0.3) is 11.6 Å². The highest BCUT2D eigenvalue weighted by Gasteiger charge is 2.15. The molecule has 8 nitrogen and oxygen atoms in total. The van der Waals surface area contributed by atoms with Crippen molar-refractivity contribution < 1.29 is 23.6 Å². The fraction of sp³-hybridized carbons (Fsp3) is 0.0833. The number of halogens is 2. The first-order valence-electron chi connectivity index (χ1n) is 9.73. The third-order valence-electron chi connectivity index (χ3n) is 4.56. The second-order valence-electron chi connectivity index (χ2n) is 6.88. The Morgan fingerprint density at radius 3 is 2.47 bits per heavy atom. The van der Waals surface area contributed by atoms with Crippen LogP contribution < -0.4 is 14.8 Å². The Labute approximate surface area is 202 Å². The van der Waals surface area contributed by atoms with Crippen LogP contribution in [-0.4, -0.2) is 17.9 Å². The van der Waals surface area contributed by atoms with E-state index < -0.39 is 16.6 Å². The maximum atomic E-state index is 13.0. The van der Waals surface area contributed by atoms with E-state index in [0.717, 1.165) is 0 Å². The van der Waals surface area contributed by atoms with Crippen LogP contribution in [0.3, 0.4) is 0 Å². The van der Waals surface area contributed by atoms with Gasteiger partial charge in [0.2, 0.25) is 0 Å². The number of non-ortho nitro benzene ring substituents is 1. The highest BCUT2D eigenvalue weighted by atomic mass is 79.9. The molecule has 1 amide bonds. The summed E-state index contributed by atoms with van der Waals surface area (Å²) in [7, 11) is 1.44. The summed E-state index contributed by atoms with van der Waals surface area (Å²) in [6, 6.07) is 16.2. The number of methoxy groups -OCH3 is 1. The Bertz CT molecular complexity index is 1290. The second-order valence-corrected chi connectivity index (χ2v) is 7.73. The van der Waals surface area contributed by atoms with Crippen LogP contribution in [0, 0.1) is 27.3 Å². The summed E-state index contributed by atoms with van der Waals surface area (Å²) >= 11 is 3.41. The van der Waals surface area contributed by atoms with E-state index in [-0.39, 0.29) is 17.9 Å². The number of carbonyl (C=O) groups excluding carboxylic acids is 1. The summed E-state index contributed by atoms with van der Waals surface area (Å²) in [5.41, 5.74) is 1.37. The Morgan fingerprint density at radius 1 is 1.21 bits per heavy atom. The van der Waals surface area contributed by atoms with E-state index in [0.29, 0.717) is 32.8 Å². The van der Waals surface area contributed by atoms with Crippen molar-refractivity contribution in [3.05, 3.63) is 97.8 Å². The van der Waals surface area contributed by atoms with Crippen LogP contribution in [0.25, 0.3) is 6.08 Å². The van der Waals surface area contributed by atoms with Crippen LogP contribution in [0.1, 0.15) is 11.1 Å². The van der Waals surface area contributed by atoms with E-state index in [4.69, 9.17) is 9.47 Å². The van der Waals surface area contributed by atoms with Gasteiger partial charge in [0.05, 0.1) is 16.5 Å². The molecule has 0 saturated carbocycles. The number of nitriles is 1. The number of benzene rings is 3. The minimum absolute atomic E-state index is 0.0181. The molecule has 0 atom stereocenters. The fourth-order valence-electron chi connectivity index (χ4n) is 2.88. The number of hydrogen-bond donors (Lipinski definition) is 1. The van der Waals surface area contributed by atoms with Gasteiger partial charge in [-0.3, -0.25) is 14.9 Å². The molecule has 3 aromatic carbocycles. The van der Waals surface area contributed by atoms with Gasteiger partial charge >= 0.3 is 0 Å². The summed E-state index contributed by atoms with van der Waals surface area (Å²) in [5, 5.41) is 22.8. The maximum Gasteiger partial charge on any atom is 0.269 e. The number of nitro benzene ring substituents is 1. The third-order valence-corrected chi connectivity index (χ3v) is 5.15. The number of ether oxygens (including phenoxy) is 2. The number of rotatable bonds is 8. The van der Waals surface area contributed by atoms with Crippen LogP contribution >= 0.6 is 15.9 Å². The van der Waals surface area contributed by atoms with Crippen LogP contribution in [0.5, 0.6) is 11.5 Å². The van der Waals surface area contributed by atoms with Gasteiger partial charge in [0, 0.05) is 17.8 Å². The molecule has 1 N–H and O–H groups in total. The first-order chi connectivity index (χ1) is 16.3. The lowest BCUT2D eigenvalue weighted by atomic mass is 10.1. The molecule has 0 aliphatic rings. The molecule has 0 fully saturated rings. The van der Waals surface area contributed by atoms with E-state index in [1.54, 1.807) is 24.3 Å². The van der Waals surface area contributed by atoms with Gasteiger partial charge in [-0.1, -0.05) is 0 Å². The van der Waals surface area contributed by atoms with E-state index in [1.807, 2.05) is 6.07 Å². The molecule has 0 radical (unpaired) electrons. The molecule has 172 valence electrons. The van der Waals surface area contributed by atoms with Crippen molar-refractivity contribution in [2.75, 3.05) is 12.4 Å². The van der Waals surface area contributed by atoms with Gasteiger partial charge in [-0.25, -0.2) is 4.39 Å². The lowest BCUT2D eigenvalue weighted by Crippen LogP contribution is -2.13. The monoisotopic (exact) mass is 525 g/mol. The highest BCUT2D eigenvalue weighted by Crippen LogP contribution is 2.38. The maximum absolute atomic E-state index is 13.0. The molecule has 0 unspecified atom stereocenters. The Kier molecular flexibility index (Phi) is 7.95. The smallest absolute Gasteiger partial charge is 0.269 e. The molecule has 0 bridgehead atoms. The third kappa shape index (κ3) is 6.17. The molecule has 0 aliphatic carbocycles. The van der Waals surface area contributed by atoms with Crippen molar-refractivity contribution in [2.24, 2.45) is 0 Å².